The summed E-state index contributed by atoms with van der Waals surface area (Å²) in [5, 5.41) is 10.1. The standard InChI is InChI=1S/C20H23NO5S/c1-4-10-26-19(25)16-20(2,3)27-18-14(17(24)21(16)18)15(23)13(22)11-12-8-6-5-7-9-12/h4-9,14-16,18,23H,1,10-11H2,2-3H3/t14-,15-,16+,18-/m1/s1. The highest BCUT2D eigenvalue weighted by molar-refractivity contribution is 8.01. The predicted molar refractivity (Wildman–Crippen MR) is 102 cm³/mol. The smallest absolute Gasteiger partial charge is 0.330 e. The molecule has 0 bridgehead atoms. The molecule has 0 aromatic heterocycles. The van der Waals surface area contributed by atoms with Crippen LogP contribution in [0.15, 0.2) is 43.0 Å². The molecular formula is C20H23NO5S. The second-order valence-corrected chi connectivity index (χ2v) is 9.05. The summed E-state index contributed by atoms with van der Waals surface area (Å²) in [7, 11) is 0. The lowest BCUT2D eigenvalue weighted by atomic mass is 9.85. The first kappa shape index (κ1) is 19.6. The first-order chi connectivity index (χ1) is 12.8. The lowest BCUT2D eigenvalue weighted by Crippen LogP contribution is -2.66. The van der Waals surface area contributed by atoms with Gasteiger partial charge in [-0.05, 0) is 19.4 Å². The van der Waals surface area contributed by atoms with Crippen LogP contribution in [0.5, 0.6) is 0 Å². The number of Topliss-reactive ketones (excluding diaryl/α,β-unsaturated/α-hetero) is 1. The molecule has 2 fully saturated rings. The fourth-order valence-corrected chi connectivity index (χ4v) is 5.35. The van der Waals surface area contributed by atoms with Gasteiger partial charge in [0.25, 0.3) is 0 Å². The molecule has 0 radical (unpaired) electrons. The maximum Gasteiger partial charge on any atom is 0.330 e. The number of nitrogens with zero attached hydrogens (tertiary/aromatic N) is 1. The topological polar surface area (TPSA) is 83.9 Å². The number of esters is 1. The monoisotopic (exact) mass is 389 g/mol. The molecule has 0 unspecified atom stereocenters. The zero-order chi connectivity index (χ0) is 19.8. The van der Waals surface area contributed by atoms with Gasteiger partial charge in [-0.1, -0.05) is 43.0 Å². The Morgan fingerprint density at radius 1 is 1.37 bits per heavy atom. The molecule has 7 heteroatoms. The maximum atomic E-state index is 12.7. The van der Waals surface area contributed by atoms with E-state index >= 15 is 0 Å². The van der Waals surface area contributed by atoms with Crippen molar-refractivity contribution >= 4 is 29.4 Å². The third kappa shape index (κ3) is 3.53. The van der Waals surface area contributed by atoms with Gasteiger partial charge in [-0.3, -0.25) is 9.59 Å². The van der Waals surface area contributed by atoms with Crippen LogP contribution in [-0.4, -0.2) is 56.5 Å². The van der Waals surface area contributed by atoms with E-state index in [2.05, 4.69) is 6.58 Å². The number of ether oxygens (including phenoxy) is 1. The highest BCUT2D eigenvalue weighted by atomic mass is 32.2. The predicted octanol–water partition coefficient (Wildman–Crippen LogP) is 1.57. The SMILES string of the molecule is C=CCOC(=O)[C@@H]1N2C(=O)[C@@H]([C@H](O)C(=O)Cc3ccccc3)[C@H]2SC1(C)C. The normalized spacial score (nSPS) is 26.7. The van der Waals surface area contributed by atoms with Crippen molar-refractivity contribution in [3.63, 3.8) is 0 Å². The fourth-order valence-electron chi connectivity index (χ4n) is 3.64. The third-order valence-corrected chi connectivity index (χ3v) is 6.53. The number of aliphatic hydroxyl groups is 1. The second-order valence-electron chi connectivity index (χ2n) is 7.28. The molecule has 4 atom stereocenters. The zero-order valence-corrected chi connectivity index (χ0v) is 16.1. The van der Waals surface area contributed by atoms with Crippen LogP contribution in [0.25, 0.3) is 0 Å². The summed E-state index contributed by atoms with van der Waals surface area (Å²) in [5.41, 5.74) is 0.787. The van der Waals surface area contributed by atoms with Crippen LogP contribution in [0.2, 0.25) is 0 Å². The molecule has 1 N–H and O–H groups in total. The number of thioether (sulfide) groups is 1. The molecule has 144 valence electrons. The van der Waals surface area contributed by atoms with Crippen LogP contribution in [0.1, 0.15) is 19.4 Å². The van der Waals surface area contributed by atoms with Crippen LogP contribution in [0.4, 0.5) is 0 Å². The molecule has 0 spiro atoms. The van der Waals surface area contributed by atoms with Gasteiger partial charge in [-0.2, -0.15) is 0 Å². The van der Waals surface area contributed by atoms with Crippen molar-refractivity contribution in [2.45, 2.75) is 42.5 Å². The number of hydrogen-bond acceptors (Lipinski definition) is 6. The van der Waals surface area contributed by atoms with Gasteiger partial charge in [0, 0.05) is 11.2 Å². The lowest BCUT2D eigenvalue weighted by molar-refractivity contribution is -0.172. The maximum absolute atomic E-state index is 12.7. The van der Waals surface area contributed by atoms with Gasteiger partial charge in [0.05, 0.1) is 5.37 Å². The Hall–Kier alpha value is -2.12. The molecule has 27 heavy (non-hydrogen) atoms. The second kappa shape index (κ2) is 7.48. The minimum absolute atomic E-state index is 0.0668. The minimum atomic E-state index is -1.38. The molecule has 3 rings (SSSR count). The van der Waals surface area contributed by atoms with E-state index < -0.39 is 39.9 Å². The Bertz CT molecular complexity index is 763. The molecule has 2 saturated heterocycles. The number of β-lactam (4-membered cyclic amide) rings is 1. The molecule has 1 aromatic carbocycles. The molecular weight excluding hydrogens is 366 g/mol. The van der Waals surface area contributed by atoms with Gasteiger partial charge < -0.3 is 14.7 Å². The number of rotatable bonds is 7. The first-order valence-corrected chi connectivity index (χ1v) is 9.68. The molecule has 1 aromatic rings. The highest BCUT2D eigenvalue weighted by Gasteiger charge is 2.66. The molecule has 2 aliphatic heterocycles. The van der Waals surface area contributed by atoms with E-state index in [0.717, 1.165) is 5.56 Å². The quantitative estimate of drug-likeness (QED) is 0.433. The average Bonchev–Trinajstić information content (AvgIpc) is 2.88. The lowest BCUT2D eigenvalue weighted by Gasteiger charge is -2.45. The number of benzene rings is 1. The highest BCUT2D eigenvalue weighted by Crippen LogP contribution is 2.54. The number of fused-ring (bicyclic) bond motifs is 1. The van der Waals surface area contributed by atoms with Crippen molar-refractivity contribution in [3.8, 4) is 0 Å². The number of ketones is 1. The van der Waals surface area contributed by atoms with E-state index in [1.54, 1.807) is 12.1 Å². The van der Waals surface area contributed by atoms with Crippen molar-refractivity contribution in [1.82, 2.24) is 4.90 Å². The Labute approximate surface area is 162 Å². The van der Waals surface area contributed by atoms with Gasteiger partial charge in [-0.15, -0.1) is 11.8 Å². The fraction of sp³-hybridized carbons (Fsp3) is 0.450. The van der Waals surface area contributed by atoms with Crippen molar-refractivity contribution in [1.29, 1.82) is 0 Å². The van der Waals surface area contributed by atoms with Crippen LogP contribution in [0.3, 0.4) is 0 Å². The van der Waals surface area contributed by atoms with Crippen LogP contribution in [0, 0.1) is 5.92 Å². The van der Waals surface area contributed by atoms with E-state index in [1.807, 2.05) is 32.0 Å². The summed E-state index contributed by atoms with van der Waals surface area (Å²) in [4.78, 5) is 39.0. The molecule has 6 nitrogen and oxygen atoms in total. The number of carbonyl (C=O) groups excluding carboxylic acids is 3. The van der Waals surface area contributed by atoms with E-state index in [4.69, 9.17) is 4.74 Å². The molecule has 0 saturated carbocycles. The summed E-state index contributed by atoms with van der Waals surface area (Å²) in [6.45, 7) is 7.31. The van der Waals surface area contributed by atoms with E-state index in [-0.39, 0.29) is 18.9 Å². The average molecular weight is 389 g/mol. The molecule has 2 heterocycles. The van der Waals surface area contributed by atoms with Gasteiger partial charge >= 0.3 is 5.97 Å². The Balaban J connectivity index is 1.72. The van der Waals surface area contributed by atoms with E-state index in [1.165, 1.54) is 22.7 Å². The van der Waals surface area contributed by atoms with Crippen molar-refractivity contribution in [2.75, 3.05) is 6.61 Å². The van der Waals surface area contributed by atoms with E-state index in [9.17, 15) is 19.5 Å². The largest absolute Gasteiger partial charge is 0.460 e. The first-order valence-electron chi connectivity index (χ1n) is 8.80. The molecule has 1 amide bonds. The van der Waals surface area contributed by atoms with Gasteiger partial charge in [0.1, 0.15) is 24.7 Å². The van der Waals surface area contributed by atoms with Crippen molar-refractivity contribution in [3.05, 3.63) is 48.6 Å². The zero-order valence-electron chi connectivity index (χ0n) is 15.3. The van der Waals surface area contributed by atoms with Crippen LogP contribution >= 0.6 is 11.8 Å². The van der Waals surface area contributed by atoms with Crippen LogP contribution in [-0.2, 0) is 25.5 Å². The summed E-state index contributed by atoms with van der Waals surface area (Å²) < 4.78 is 4.57. The van der Waals surface area contributed by atoms with Crippen LogP contribution < -0.4 is 0 Å². The third-order valence-electron chi connectivity index (χ3n) is 4.94. The molecule has 0 aliphatic carbocycles. The summed E-state index contributed by atoms with van der Waals surface area (Å²) in [6, 6.07) is 8.35. The Morgan fingerprint density at radius 3 is 2.67 bits per heavy atom. The minimum Gasteiger partial charge on any atom is -0.460 e. The van der Waals surface area contributed by atoms with Gasteiger partial charge in [-0.25, -0.2) is 4.79 Å². The number of hydrogen-bond donors (Lipinski definition) is 1. The van der Waals surface area contributed by atoms with Gasteiger partial charge in [0.15, 0.2) is 5.78 Å². The van der Waals surface area contributed by atoms with Crippen molar-refractivity contribution < 1.29 is 24.2 Å². The summed E-state index contributed by atoms with van der Waals surface area (Å²) in [6.07, 6.45) is 0.152. The molecule has 2 aliphatic rings. The Kier molecular flexibility index (Phi) is 5.44. The van der Waals surface area contributed by atoms with Gasteiger partial charge in [0.2, 0.25) is 5.91 Å². The number of amides is 1. The number of aliphatic hydroxyl groups excluding tert-OH is 1. The number of carbonyl (C=O) groups is 3. The van der Waals surface area contributed by atoms with Crippen molar-refractivity contribution in [2.24, 2.45) is 5.92 Å². The summed E-state index contributed by atoms with van der Waals surface area (Å²) in [5.74, 6) is -2.10. The Morgan fingerprint density at radius 2 is 2.04 bits per heavy atom. The summed E-state index contributed by atoms with van der Waals surface area (Å²) >= 11 is 1.42. The van der Waals surface area contributed by atoms with E-state index in [0.29, 0.717) is 0 Å².